The van der Waals surface area contributed by atoms with Crippen LogP contribution in [0.15, 0.2) is 24.3 Å². The smallest absolute Gasteiger partial charge is 0.310 e. The van der Waals surface area contributed by atoms with Crippen LogP contribution in [0.3, 0.4) is 0 Å². The fourth-order valence-electron chi connectivity index (χ4n) is 2.10. The Kier molecular flexibility index (Phi) is 6.57. The molecule has 2 atom stereocenters. The van der Waals surface area contributed by atoms with Gasteiger partial charge in [0.15, 0.2) is 0 Å². The largest absolute Gasteiger partial charge is 0.466 e. The molecule has 0 aromatic heterocycles. The van der Waals surface area contributed by atoms with E-state index in [2.05, 4.69) is 36.5 Å². The Balaban J connectivity index is 2.50. The fourth-order valence-corrected chi connectivity index (χ4v) is 2.10. The first-order chi connectivity index (χ1) is 9.08. The molecule has 0 bridgehead atoms. The van der Waals surface area contributed by atoms with Gasteiger partial charge in [-0.1, -0.05) is 36.8 Å². The van der Waals surface area contributed by atoms with Gasteiger partial charge in [-0.3, -0.25) is 4.79 Å². The van der Waals surface area contributed by atoms with E-state index in [4.69, 9.17) is 4.74 Å². The van der Waals surface area contributed by atoms with E-state index in [0.717, 1.165) is 13.0 Å². The van der Waals surface area contributed by atoms with Gasteiger partial charge in [-0.2, -0.15) is 0 Å². The highest BCUT2D eigenvalue weighted by Crippen LogP contribution is 2.12. The number of carbonyl (C=O) groups excluding carboxylic acids is 1. The lowest BCUT2D eigenvalue weighted by atomic mass is 9.98. The number of hydrogen-bond acceptors (Lipinski definition) is 3. The predicted octanol–water partition coefficient (Wildman–Crippen LogP) is 3.06. The summed E-state index contributed by atoms with van der Waals surface area (Å²) in [6.45, 7) is 9.20. The third-order valence-electron chi connectivity index (χ3n) is 3.38. The molecule has 19 heavy (non-hydrogen) atoms. The second-order valence-electron chi connectivity index (χ2n) is 4.92. The highest BCUT2D eigenvalue weighted by Gasteiger charge is 2.23. The van der Waals surface area contributed by atoms with Crippen molar-refractivity contribution < 1.29 is 9.53 Å². The van der Waals surface area contributed by atoms with Crippen LogP contribution in [0.25, 0.3) is 0 Å². The van der Waals surface area contributed by atoms with Gasteiger partial charge in [-0.25, -0.2) is 0 Å². The quantitative estimate of drug-likeness (QED) is 0.768. The monoisotopic (exact) mass is 263 g/mol. The van der Waals surface area contributed by atoms with Gasteiger partial charge < -0.3 is 10.1 Å². The topological polar surface area (TPSA) is 38.3 Å². The van der Waals surface area contributed by atoms with E-state index in [-0.39, 0.29) is 17.9 Å². The van der Waals surface area contributed by atoms with Crippen LogP contribution in [0, 0.1) is 12.8 Å². The van der Waals surface area contributed by atoms with Crippen LogP contribution in [0.1, 0.15) is 38.3 Å². The van der Waals surface area contributed by atoms with Crippen molar-refractivity contribution in [2.24, 2.45) is 5.92 Å². The van der Waals surface area contributed by atoms with Crippen molar-refractivity contribution in [2.45, 2.75) is 46.7 Å². The highest BCUT2D eigenvalue weighted by atomic mass is 16.5. The Labute approximate surface area is 116 Å². The Bertz CT molecular complexity index is 386. The van der Waals surface area contributed by atoms with E-state index in [9.17, 15) is 4.79 Å². The fraction of sp³-hybridized carbons (Fsp3) is 0.562. The third-order valence-corrected chi connectivity index (χ3v) is 3.38. The maximum Gasteiger partial charge on any atom is 0.310 e. The molecule has 0 amide bonds. The summed E-state index contributed by atoms with van der Waals surface area (Å²) in [7, 11) is 0. The van der Waals surface area contributed by atoms with Gasteiger partial charge in [0.2, 0.25) is 0 Å². The molecule has 1 aromatic carbocycles. The van der Waals surface area contributed by atoms with E-state index in [0.29, 0.717) is 6.61 Å². The van der Waals surface area contributed by atoms with Crippen molar-refractivity contribution >= 4 is 5.97 Å². The first kappa shape index (κ1) is 15.7. The van der Waals surface area contributed by atoms with Crippen molar-refractivity contribution in [1.29, 1.82) is 0 Å². The number of rotatable bonds is 7. The molecule has 2 unspecified atom stereocenters. The zero-order chi connectivity index (χ0) is 14.3. The summed E-state index contributed by atoms with van der Waals surface area (Å²) in [6, 6.07) is 8.54. The lowest BCUT2D eigenvalue weighted by Gasteiger charge is -2.22. The van der Waals surface area contributed by atoms with Crippen molar-refractivity contribution in [3.63, 3.8) is 0 Å². The van der Waals surface area contributed by atoms with Crippen LogP contribution in [0.2, 0.25) is 0 Å². The van der Waals surface area contributed by atoms with Gasteiger partial charge in [-0.05, 0) is 32.8 Å². The molecule has 0 saturated carbocycles. The van der Waals surface area contributed by atoms with Crippen LogP contribution < -0.4 is 5.32 Å². The average molecular weight is 263 g/mol. The molecule has 1 rings (SSSR count). The predicted molar refractivity (Wildman–Crippen MR) is 77.9 cm³/mol. The number of nitrogens with one attached hydrogen (secondary N) is 1. The number of benzene rings is 1. The van der Waals surface area contributed by atoms with Crippen LogP contribution in [-0.2, 0) is 16.1 Å². The minimum Gasteiger partial charge on any atom is -0.466 e. The van der Waals surface area contributed by atoms with Gasteiger partial charge >= 0.3 is 5.97 Å². The number of esters is 1. The lowest BCUT2D eigenvalue weighted by molar-refractivity contribution is -0.149. The number of carbonyl (C=O) groups is 1. The SMILES string of the molecule is CCOC(=O)C(CC)C(C)NCc1ccc(C)cc1. The Morgan fingerprint density at radius 3 is 2.42 bits per heavy atom. The molecule has 3 heteroatoms. The zero-order valence-electron chi connectivity index (χ0n) is 12.4. The molecule has 0 spiro atoms. The van der Waals surface area contributed by atoms with Gasteiger partial charge in [0.1, 0.15) is 0 Å². The summed E-state index contributed by atoms with van der Waals surface area (Å²) < 4.78 is 5.10. The van der Waals surface area contributed by atoms with Crippen molar-refractivity contribution in [3.8, 4) is 0 Å². The summed E-state index contributed by atoms with van der Waals surface area (Å²) in [5, 5.41) is 3.41. The zero-order valence-corrected chi connectivity index (χ0v) is 12.4. The molecule has 0 aliphatic rings. The normalized spacial score (nSPS) is 13.9. The summed E-state index contributed by atoms with van der Waals surface area (Å²) in [5.74, 6) is -0.181. The van der Waals surface area contributed by atoms with Crippen molar-refractivity contribution in [2.75, 3.05) is 6.61 Å². The summed E-state index contributed by atoms with van der Waals surface area (Å²) >= 11 is 0. The average Bonchev–Trinajstić information content (AvgIpc) is 2.39. The number of aryl methyl sites for hydroxylation is 1. The summed E-state index contributed by atoms with van der Waals surface area (Å²) in [6.07, 6.45) is 0.793. The molecule has 1 aromatic rings. The van der Waals surface area contributed by atoms with E-state index >= 15 is 0 Å². The molecule has 0 saturated heterocycles. The lowest BCUT2D eigenvalue weighted by Crippen LogP contribution is -2.38. The van der Waals surface area contributed by atoms with Gasteiger partial charge in [0, 0.05) is 12.6 Å². The first-order valence-corrected chi connectivity index (χ1v) is 7.04. The molecule has 0 heterocycles. The Morgan fingerprint density at radius 1 is 1.26 bits per heavy atom. The highest BCUT2D eigenvalue weighted by molar-refractivity contribution is 5.73. The maximum atomic E-state index is 11.8. The van der Waals surface area contributed by atoms with Gasteiger partial charge in [0.25, 0.3) is 0 Å². The molecule has 3 nitrogen and oxygen atoms in total. The second kappa shape index (κ2) is 7.95. The van der Waals surface area contributed by atoms with E-state index in [1.165, 1.54) is 11.1 Å². The van der Waals surface area contributed by atoms with Crippen LogP contribution in [-0.4, -0.2) is 18.6 Å². The maximum absolute atomic E-state index is 11.8. The van der Waals surface area contributed by atoms with E-state index in [1.807, 2.05) is 20.8 Å². The molecule has 0 aliphatic carbocycles. The molecule has 0 radical (unpaired) electrons. The summed E-state index contributed by atoms with van der Waals surface area (Å²) in [4.78, 5) is 11.8. The van der Waals surface area contributed by atoms with Gasteiger partial charge in [0.05, 0.1) is 12.5 Å². The molecular weight excluding hydrogens is 238 g/mol. The van der Waals surface area contributed by atoms with Crippen LogP contribution in [0.4, 0.5) is 0 Å². The van der Waals surface area contributed by atoms with E-state index in [1.54, 1.807) is 0 Å². The molecule has 1 N–H and O–H groups in total. The number of hydrogen-bond donors (Lipinski definition) is 1. The second-order valence-corrected chi connectivity index (χ2v) is 4.92. The Hall–Kier alpha value is -1.35. The molecule has 0 fully saturated rings. The van der Waals surface area contributed by atoms with Crippen LogP contribution in [0.5, 0.6) is 0 Å². The first-order valence-electron chi connectivity index (χ1n) is 7.04. The van der Waals surface area contributed by atoms with Crippen molar-refractivity contribution in [3.05, 3.63) is 35.4 Å². The minimum atomic E-state index is -0.103. The van der Waals surface area contributed by atoms with Crippen LogP contribution >= 0.6 is 0 Å². The van der Waals surface area contributed by atoms with E-state index < -0.39 is 0 Å². The molecule has 0 aliphatic heterocycles. The minimum absolute atomic E-state index is 0.0783. The standard InChI is InChI=1S/C16H25NO2/c1-5-15(16(18)19-6-2)13(4)17-11-14-9-7-12(3)8-10-14/h7-10,13,15,17H,5-6,11H2,1-4H3. The van der Waals surface area contributed by atoms with Gasteiger partial charge in [-0.15, -0.1) is 0 Å². The third kappa shape index (κ3) is 5.03. The molecule has 106 valence electrons. The number of ether oxygens (including phenoxy) is 1. The Morgan fingerprint density at radius 2 is 1.89 bits per heavy atom. The summed E-state index contributed by atoms with van der Waals surface area (Å²) in [5.41, 5.74) is 2.49. The van der Waals surface area contributed by atoms with Crippen molar-refractivity contribution in [1.82, 2.24) is 5.32 Å². The molecular formula is C16H25NO2.